The first-order chi connectivity index (χ1) is 12.3. The molecule has 1 aromatic rings. The zero-order valence-corrected chi connectivity index (χ0v) is 15.6. The van der Waals surface area contributed by atoms with Crippen molar-refractivity contribution in [3.63, 3.8) is 0 Å². The average molecular weight is 376 g/mol. The van der Waals surface area contributed by atoms with Gasteiger partial charge in [-0.15, -0.1) is 0 Å². The third-order valence-corrected chi connectivity index (χ3v) is 5.41. The second-order valence-electron chi connectivity index (χ2n) is 6.54. The molecule has 3 N–H and O–H groups in total. The minimum Gasteiger partial charge on any atom is -0.389 e. The van der Waals surface area contributed by atoms with Crippen LogP contribution in [-0.2, 0) is 21.2 Å². The van der Waals surface area contributed by atoms with E-state index in [4.69, 9.17) is 5.14 Å². The summed E-state index contributed by atoms with van der Waals surface area (Å²) >= 11 is 0. The van der Waals surface area contributed by atoms with Crippen molar-refractivity contribution in [2.75, 3.05) is 19.6 Å². The van der Waals surface area contributed by atoms with E-state index in [0.29, 0.717) is 32.0 Å². The van der Waals surface area contributed by atoms with Crippen LogP contribution in [0.4, 0.5) is 0 Å². The Labute approximate surface area is 154 Å². The molecule has 8 heteroatoms. The van der Waals surface area contributed by atoms with Gasteiger partial charge in [-0.2, -0.15) is 5.26 Å². The number of nitrogens with one attached hydrogen (secondary N) is 1. The molecule has 1 aromatic carbocycles. The highest BCUT2D eigenvalue weighted by Crippen LogP contribution is 2.17. The number of likely N-dealkylation sites (tertiary alicyclic amines) is 1. The highest BCUT2D eigenvalue weighted by Gasteiger charge is 2.22. The van der Waals surface area contributed by atoms with Gasteiger partial charge in [0.25, 0.3) is 5.91 Å². The van der Waals surface area contributed by atoms with Crippen molar-refractivity contribution in [3.05, 3.63) is 41.6 Å². The molecule has 0 atom stereocenters. The van der Waals surface area contributed by atoms with Crippen LogP contribution >= 0.6 is 0 Å². The van der Waals surface area contributed by atoms with Gasteiger partial charge in [-0.1, -0.05) is 19.1 Å². The molecular formula is C18H24N4O3S. The number of hydrogen-bond donors (Lipinski definition) is 2. The number of benzene rings is 1. The van der Waals surface area contributed by atoms with Gasteiger partial charge in [-0.25, -0.2) is 13.6 Å². The molecule has 2 rings (SSSR count). The highest BCUT2D eigenvalue weighted by molar-refractivity contribution is 7.89. The Bertz CT molecular complexity index is 802. The van der Waals surface area contributed by atoms with Gasteiger partial charge in [-0.05, 0) is 42.9 Å². The summed E-state index contributed by atoms with van der Waals surface area (Å²) in [6.45, 7) is 4.06. The summed E-state index contributed by atoms with van der Waals surface area (Å²) in [5.74, 6) is 0.386. The molecule has 0 saturated carbocycles. The lowest BCUT2D eigenvalue weighted by molar-refractivity contribution is -0.128. The van der Waals surface area contributed by atoms with Crippen molar-refractivity contribution >= 4 is 15.9 Å². The number of rotatable bonds is 6. The van der Waals surface area contributed by atoms with E-state index in [1.54, 1.807) is 17.0 Å². The van der Waals surface area contributed by atoms with E-state index >= 15 is 0 Å². The lowest BCUT2D eigenvalue weighted by Gasteiger charge is -2.30. The van der Waals surface area contributed by atoms with Crippen molar-refractivity contribution in [2.45, 2.75) is 31.1 Å². The number of nitrogens with zero attached hydrogens (tertiary/aromatic N) is 2. The molecule has 0 spiro atoms. The largest absolute Gasteiger partial charge is 0.389 e. The van der Waals surface area contributed by atoms with Gasteiger partial charge in [0.1, 0.15) is 11.6 Å². The number of nitrogens with two attached hydrogens (primary N) is 1. The molecule has 0 aliphatic carbocycles. The quantitative estimate of drug-likeness (QED) is 0.439. The van der Waals surface area contributed by atoms with Gasteiger partial charge < -0.3 is 10.2 Å². The third kappa shape index (κ3) is 5.58. The average Bonchev–Trinajstić information content (AvgIpc) is 2.61. The minimum absolute atomic E-state index is 0.0716. The minimum atomic E-state index is -3.69. The number of hydrogen-bond acceptors (Lipinski definition) is 5. The maximum atomic E-state index is 12.4. The predicted molar refractivity (Wildman–Crippen MR) is 98.2 cm³/mol. The van der Waals surface area contributed by atoms with Crippen LogP contribution in [0.2, 0.25) is 0 Å². The molecule has 0 aromatic heterocycles. The van der Waals surface area contributed by atoms with Gasteiger partial charge in [0, 0.05) is 25.8 Å². The van der Waals surface area contributed by atoms with Gasteiger partial charge in [-0.3, -0.25) is 4.79 Å². The summed E-state index contributed by atoms with van der Waals surface area (Å²) in [5.41, 5.74) is 1.03. The zero-order valence-electron chi connectivity index (χ0n) is 14.8. The summed E-state index contributed by atoms with van der Waals surface area (Å²) in [6, 6.07) is 8.26. The molecule has 1 aliphatic heterocycles. The molecule has 1 amide bonds. The van der Waals surface area contributed by atoms with Crippen molar-refractivity contribution in [1.82, 2.24) is 10.2 Å². The lowest BCUT2D eigenvalue weighted by Crippen LogP contribution is -2.38. The smallest absolute Gasteiger partial charge is 0.265 e. The Hall–Kier alpha value is -2.37. The first kappa shape index (κ1) is 19.9. The van der Waals surface area contributed by atoms with E-state index < -0.39 is 10.0 Å². The SMILES string of the molecule is CC1CCN(C(=O)/C(C#N)=C\NCCc2ccc(S(N)(=O)=O)cc2)CC1. The molecule has 0 radical (unpaired) electrons. The maximum Gasteiger partial charge on any atom is 0.265 e. The summed E-state index contributed by atoms with van der Waals surface area (Å²) in [6.07, 6.45) is 4.01. The third-order valence-electron chi connectivity index (χ3n) is 4.48. The van der Waals surface area contributed by atoms with Crippen LogP contribution in [-0.4, -0.2) is 38.9 Å². The number of primary sulfonamides is 1. The summed E-state index contributed by atoms with van der Waals surface area (Å²) < 4.78 is 22.4. The standard InChI is InChI=1S/C18H24N4O3S/c1-14-7-10-22(11-8-14)18(23)16(12-19)13-21-9-6-15-2-4-17(5-3-15)26(20,24)25/h2-5,13-14,21H,6-11H2,1H3,(H2,20,24,25)/b16-13-. The molecule has 0 unspecified atom stereocenters. The predicted octanol–water partition coefficient (Wildman–Crippen LogP) is 1.13. The fraction of sp³-hybridized carbons (Fsp3) is 0.444. The normalized spacial score (nSPS) is 16.2. The Morgan fingerprint density at radius 2 is 1.96 bits per heavy atom. The van der Waals surface area contributed by atoms with Crippen molar-refractivity contribution in [1.29, 1.82) is 5.26 Å². The van der Waals surface area contributed by atoms with Crippen molar-refractivity contribution in [3.8, 4) is 6.07 Å². The fourth-order valence-corrected chi connectivity index (χ4v) is 3.28. The first-order valence-corrected chi connectivity index (χ1v) is 10.1. The molecule has 1 saturated heterocycles. The first-order valence-electron chi connectivity index (χ1n) is 8.56. The Balaban J connectivity index is 1.86. The fourth-order valence-electron chi connectivity index (χ4n) is 2.76. The van der Waals surface area contributed by atoms with Crippen LogP contribution in [0.3, 0.4) is 0 Å². The highest BCUT2D eigenvalue weighted by atomic mass is 32.2. The molecule has 1 aliphatic rings. The van der Waals surface area contributed by atoms with Gasteiger partial charge in [0.05, 0.1) is 4.90 Å². The van der Waals surface area contributed by atoms with Crippen LogP contribution in [0.25, 0.3) is 0 Å². The molecule has 0 bridgehead atoms. The van der Waals surface area contributed by atoms with Gasteiger partial charge >= 0.3 is 0 Å². The van der Waals surface area contributed by atoms with Crippen molar-refractivity contribution < 1.29 is 13.2 Å². The second kappa shape index (κ2) is 8.83. The number of nitriles is 1. The second-order valence-corrected chi connectivity index (χ2v) is 8.10. The number of carbonyl (C=O) groups excluding carboxylic acids is 1. The Morgan fingerprint density at radius 1 is 1.35 bits per heavy atom. The van der Waals surface area contributed by atoms with Crippen LogP contribution < -0.4 is 10.5 Å². The molecule has 26 heavy (non-hydrogen) atoms. The molecule has 1 heterocycles. The van der Waals surface area contributed by atoms with Crippen LogP contribution in [0.1, 0.15) is 25.3 Å². The number of piperidine rings is 1. The van der Waals surface area contributed by atoms with Crippen LogP contribution in [0, 0.1) is 17.2 Å². The van der Waals surface area contributed by atoms with Gasteiger partial charge in [0.2, 0.25) is 10.0 Å². The molecule has 7 nitrogen and oxygen atoms in total. The van der Waals surface area contributed by atoms with E-state index in [9.17, 15) is 18.5 Å². The van der Waals surface area contributed by atoms with Crippen molar-refractivity contribution in [2.24, 2.45) is 11.1 Å². The van der Waals surface area contributed by atoms with E-state index in [1.807, 2.05) is 6.07 Å². The van der Waals surface area contributed by atoms with E-state index in [1.165, 1.54) is 18.3 Å². The zero-order chi connectivity index (χ0) is 19.2. The number of sulfonamides is 1. The lowest BCUT2D eigenvalue weighted by atomic mass is 9.99. The van der Waals surface area contributed by atoms with E-state index in [-0.39, 0.29) is 16.4 Å². The van der Waals surface area contributed by atoms with E-state index in [0.717, 1.165) is 18.4 Å². The Kier molecular flexibility index (Phi) is 6.77. The summed E-state index contributed by atoms with van der Waals surface area (Å²) in [4.78, 5) is 14.2. The topological polar surface area (TPSA) is 116 Å². The Morgan fingerprint density at radius 3 is 2.50 bits per heavy atom. The molecule has 1 fully saturated rings. The molecular weight excluding hydrogens is 352 g/mol. The molecule has 140 valence electrons. The summed E-state index contributed by atoms with van der Waals surface area (Å²) in [5, 5.41) is 17.3. The van der Waals surface area contributed by atoms with Gasteiger partial charge in [0.15, 0.2) is 0 Å². The maximum absolute atomic E-state index is 12.4. The van der Waals surface area contributed by atoms with E-state index in [2.05, 4.69) is 12.2 Å². The van der Waals surface area contributed by atoms with Crippen LogP contribution in [0.15, 0.2) is 40.9 Å². The van der Waals surface area contributed by atoms with Crippen LogP contribution in [0.5, 0.6) is 0 Å². The number of amides is 1. The monoisotopic (exact) mass is 376 g/mol. The number of carbonyl (C=O) groups is 1. The summed E-state index contributed by atoms with van der Waals surface area (Å²) in [7, 11) is -3.69.